The number of carbonyl (C=O) groups excluding carboxylic acids is 1. The molecule has 5 heteroatoms. The Morgan fingerprint density at radius 2 is 1.88 bits per heavy atom. The normalized spacial score (nSPS) is 15.7. The molecule has 120 valence electrons. The second-order valence-electron chi connectivity index (χ2n) is 5.03. The number of nitrogens with zero attached hydrogens (tertiary/aromatic N) is 1. The van der Waals surface area contributed by atoms with E-state index in [1.165, 1.54) is 0 Å². The Morgan fingerprint density at radius 1 is 1.08 bits per heavy atom. The van der Waals surface area contributed by atoms with Crippen LogP contribution in [0.4, 0.5) is 0 Å². The molecule has 0 aliphatic carbocycles. The third-order valence-electron chi connectivity index (χ3n) is 3.32. The average molecular weight is 340 g/mol. The molecule has 0 fully saturated rings. The van der Waals surface area contributed by atoms with Crippen LogP contribution in [0.1, 0.15) is 11.1 Å². The first-order valence-electron chi connectivity index (χ1n) is 7.24. The number of ether oxygens (including phenoxy) is 2. The molecule has 0 atom stereocenters. The Hall–Kier alpha value is -2.85. The molecule has 0 saturated heterocycles. The van der Waals surface area contributed by atoms with Crippen molar-refractivity contribution >= 4 is 35.6 Å². The van der Waals surface area contributed by atoms with E-state index in [-0.39, 0.29) is 11.6 Å². The van der Waals surface area contributed by atoms with Gasteiger partial charge in [0.2, 0.25) is 5.90 Å². The maximum Gasteiger partial charge on any atom is 0.363 e. The Morgan fingerprint density at radius 3 is 2.62 bits per heavy atom. The highest BCUT2D eigenvalue weighted by Crippen LogP contribution is 2.20. The van der Waals surface area contributed by atoms with E-state index in [1.807, 2.05) is 36.4 Å². The lowest BCUT2D eigenvalue weighted by Gasteiger charge is -2.00. The van der Waals surface area contributed by atoms with Crippen LogP contribution in [0.3, 0.4) is 0 Å². The van der Waals surface area contributed by atoms with Crippen molar-refractivity contribution in [3.63, 3.8) is 0 Å². The molecule has 0 bridgehead atoms. The van der Waals surface area contributed by atoms with E-state index in [0.29, 0.717) is 10.8 Å². The molecule has 0 aromatic heterocycles. The molecule has 0 unspecified atom stereocenters. The highest BCUT2D eigenvalue weighted by Gasteiger charge is 2.21. The fourth-order valence-electron chi connectivity index (χ4n) is 2.13. The zero-order chi connectivity index (χ0) is 16.9. The van der Waals surface area contributed by atoms with Gasteiger partial charge in [-0.15, -0.1) is 0 Å². The van der Waals surface area contributed by atoms with Crippen LogP contribution in [0.5, 0.6) is 5.75 Å². The highest BCUT2D eigenvalue weighted by atomic mass is 35.5. The summed E-state index contributed by atoms with van der Waals surface area (Å²) in [4.78, 5) is 16.1. The van der Waals surface area contributed by atoms with Crippen molar-refractivity contribution in [1.29, 1.82) is 0 Å². The SMILES string of the molecule is COc1cccc(/C=C2N=C(/C=C/c3ccc(Cl)cc3)OC/2=O)c1. The molecule has 2 aromatic carbocycles. The smallest absolute Gasteiger partial charge is 0.363 e. The predicted octanol–water partition coefficient (Wildman–Crippen LogP) is 4.36. The Balaban J connectivity index is 1.79. The lowest BCUT2D eigenvalue weighted by atomic mass is 10.2. The van der Waals surface area contributed by atoms with Crippen molar-refractivity contribution in [2.75, 3.05) is 7.11 Å². The van der Waals surface area contributed by atoms with E-state index in [4.69, 9.17) is 21.1 Å². The molecule has 4 nitrogen and oxygen atoms in total. The summed E-state index contributed by atoms with van der Waals surface area (Å²) in [7, 11) is 1.59. The van der Waals surface area contributed by atoms with Gasteiger partial charge in [-0.3, -0.25) is 0 Å². The van der Waals surface area contributed by atoms with Gasteiger partial charge in [-0.25, -0.2) is 9.79 Å². The van der Waals surface area contributed by atoms with Gasteiger partial charge in [0, 0.05) is 11.1 Å². The van der Waals surface area contributed by atoms with Crippen molar-refractivity contribution in [1.82, 2.24) is 0 Å². The summed E-state index contributed by atoms with van der Waals surface area (Å²) < 4.78 is 10.3. The first-order chi connectivity index (χ1) is 11.6. The molecule has 1 aliphatic heterocycles. The van der Waals surface area contributed by atoms with E-state index in [9.17, 15) is 4.79 Å². The number of halogens is 1. The summed E-state index contributed by atoms with van der Waals surface area (Å²) in [5.41, 5.74) is 2.00. The standard InChI is InChI=1S/C19H14ClNO3/c1-23-16-4-2-3-14(11-16)12-17-19(22)24-18(21-17)10-7-13-5-8-15(20)9-6-13/h2-12H,1H3/b10-7+,17-12+. The number of cyclic esters (lactones) is 1. The van der Waals surface area contributed by atoms with Gasteiger partial charge >= 0.3 is 5.97 Å². The molecule has 0 amide bonds. The van der Waals surface area contributed by atoms with Gasteiger partial charge < -0.3 is 9.47 Å². The van der Waals surface area contributed by atoms with E-state index >= 15 is 0 Å². The van der Waals surface area contributed by atoms with Gasteiger partial charge in [-0.1, -0.05) is 35.9 Å². The van der Waals surface area contributed by atoms with Crippen LogP contribution in [-0.2, 0) is 9.53 Å². The average Bonchev–Trinajstić information content (AvgIpc) is 2.94. The Bertz CT molecular complexity index is 851. The predicted molar refractivity (Wildman–Crippen MR) is 95.0 cm³/mol. The molecule has 1 aliphatic rings. The van der Waals surface area contributed by atoms with Crippen molar-refractivity contribution < 1.29 is 14.3 Å². The summed E-state index contributed by atoms with van der Waals surface area (Å²) in [5.74, 6) is 0.486. The first-order valence-corrected chi connectivity index (χ1v) is 7.62. The number of methoxy groups -OCH3 is 1. The van der Waals surface area contributed by atoms with Gasteiger partial charge in [0.15, 0.2) is 5.70 Å². The molecule has 24 heavy (non-hydrogen) atoms. The quantitative estimate of drug-likeness (QED) is 0.614. The van der Waals surface area contributed by atoms with Gasteiger partial charge in [-0.05, 0) is 47.5 Å². The minimum absolute atomic E-state index is 0.249. The highest BCUT2D eigenvalue weighted by molar-refractivity contribution is 6.30. The summed E-state index contributed by atoms with van der Waals surface area (Å²) in [5, 5.41) is 0.667. The third kappa shape index (κ3) is 3.91. The Labute approximate surface area is 144 Å². The van der Waals surface area contributed by atoms with Crippen LogP contribution in [0.25, 0.3) is 12.2 Å². The molecular formula is C19H14ClNO3. The van der Waals surface area contributed by atoms with E-state index in [1.54, 1.807) is 37.5 Å². The second-order valence-corrected chi connectivity index (χ2v) is 5.47. The molecule has 0 spiro atoms. The minimum atomic E-state index is -0.478. The lowest BCUT2D eigenvalue weighted by molar-refractivity contribution is -0.129. The lowest BCUT2D eigenvalue weighted by Crippen LogP contribution is -2.01. The number of hydrogen-bond acceptors (Lipinski definition) is 4. The van der Waals surface area contributed by atoms with Crippen molar-refractivity contribution in [3.05, 3.63) is 76.5 Å². The molecule has 1 heterocycles. The van der Waals surface area contributed by atoms with Gasteiger partial charge in [-0.2, -0.15) is 0 Å². The number of rotatable bonds is 4. The van der Waals surface area contributed by atoms with E-state index < -0.39 is 5.97 Å². The number of carbonyl (C=O) groups is 1. The molecule has 0 radical (unpaired) electrons. The van der Waals surface area contributed by atoms with Gasteiger partial charge in [0.25, 0.3) is 0 Å². The maximum atomic E-state index is 11.9. The molecular weight excluding hydrogens is 326 g/mol. The summed E-state index contributed by atoms with van der Waals surface area (Å²) in [6.45, 7) is 0. The summed E-state index contributed by atoms with van der Waals surface area (Å²) in [6.07, 6.45) is 5.11. The van der Waals surface area contributed by atoms with Crippen LogP contribution in [0.15, 0.2) is 65.3 Å². The second kappa shape index (κ2) is 7.15. The summed E-state index contributed by atoms with van der Waals surface area (Å²) in [6, 6.07) is 14.7. The zero-order valence-corrected chi connectivity index (χ0v) is 13.7. The fourth-order valence-corrected chi connectivity index (χ4v) is 2.25. The van der Waals surface area contributed by atoms with E-state index in [2.05, 4.69) is 4.99 Å². The van der Waals surface area contributed by atoms with Crippen molar-refractivity contribution in [2.45, 2.75) is 0 Å². The van der Waals surface area contributed by atoms with E-state index in [0.717, 1.165) is 11.1 Å². The monoisotopic (exact) mass is 339 g/mol. The van der Waals surface area contributed by atoms with Crippen LogP contribution in [-0.4, -0.2) is 19.0 Å². The van der Waals surface area contributed by atoms with Gasteiger partial charge in [0.1, 0.15) is 5.75 Å². The third-order valence-corrected chi connectivity index (χ3v) is 3.57. The zero-order valence-electron chi connectivity index (χ0n) is 12.9. The fraction of sp³-hybridized carbons (Fsp3) is 0.0526. The van der Waals surface area contributed by atoms with Crippen LogP contribution in [0.2, 0.25) is 5.02 Å². The number of benzene rings is 2. The van der Waals surface area contributed by atoms with Gasteiger partial charge in [0.05, 0.1) is 7.11 Å². The molecule has 2 aromatic rings. The van der Waals surface area contributed by atoms with Crippen LogP contribution < -0.4 is 4.74 Å². The first kappa shape index (κ1) is 16.0. The van der Waals surface area contributed by atoms with Crippen LogP contribution >= 0.6 is 11.6 Å². The number of aliphatic imine (C=N–C) groups is 1. The van der Waals surface area contributed by atoms with Crippen molar-refractivity contribution in [2.24, 2.45) is 4.99 Å². The topological polar surface area (TPSA) is 47.9 Å². The Kier molecular flexibility index (Phi) is 4.77. The van der Waals surface area contributed by atoms with Crippen molar-refractivity contribution in [3.8, 4) is 5.75 Å². The molecule has 0 saturated carbocycles. The molecule has 3 rings (SSSR count). The minimum Gasteiger partial charge on any atom is -0.497 e. The maximum absolute atomic E-state index is 11.9. The number of esters is 1. The summed E-state index contributed by atoms with van der Waals surface area (Å²) >= 11 is 5.84. The largest absolute Gasteiger partial charge is 0.497 e. The molecule has 0 N–H and O–H groups in total. The number of hydrogen-bond donors (Lipinski definition) is 0. The van der Waals surface area contributed by atoms with Crippen LogP contribution in [0, 0.1) is 0 Å².